The third kappa shape index (κ3) is 2.16. The Balaban J connectivity index is 1.70. The molecule has 2 fully saturated rings. The molecule has 1 heterocycles. The van der Waals surface area contributed by atoms with Crippen LogP contribution in [-0.2, 0) is 14.3 Å². The molecule has 1 aromatic carbocycles. The predicted octanol–water partition coefficient (Wildman–Crippen LogP) is 2.94. The van der Waals surface area contributed by atoms with E-state index < -0.39 is 0 Å². The average Bonchev–Trinajstić information content (AvgIpc) is 2.86. The molecule has 23 heavy (non-hydrogen) atoms. The Kier molecular flexibility index (Phi) is 3.57. The molecular formula is C19H21NO3. The molecule has 2 amide bonds. The Bertz CT molecular complexity index is 666. The fourth-order valence-electron chi connectivity index (χ4n) is 4.56. The van der Waals surface area contributed by atoms with Crippen LogP contribution in [-0.4, -0.2) is 25.0 Å². The third-order valence-corrected chi connectivity index (χ3v) is 5.60. The van der Waals surface area contributed by atoms with E-state index in [1.807, 2.05) is 30.3 Å². The van der Waals surface area contributed by atoms with Crippen LogP contribution >= 0.6 is 0 Å². The van der Waals surface area contributed by atoms with E-state index in [2.05, 4.69) is 6.08 Å². The summed E-state index contributed by atoms with van der Waals surface area (Å²) >= 11 is 0. The molecule has 1 aliphatic heterocycles. The van der Waals surface area contributed by atoms with E-state index in [-0.39, 0.29) is 35.7 Å². The summed E-state index contributed by atoms with van der Waals surface area (Å²) in [5.41, 5.74) is 1.94. The van der Waals surface area contributed by atoms with Crippen LogP contribution in [0, 0.1) is 17.8 Å². The Labute approximate surface area is 136 Å². The van der Waals surface area contributed by atoms with Crippen molar-refractivity contribution in [2.24, 2.45) is 17.8 Å². The summed E-state index contributed by atoms with van der Waals surface area (Å²) in [6.07, 6.45) is 5.98. The topological polar surface area (TPSA) is 46.6 Å². The molecule has 0 aromatic heterocycles. The van der Waals surface area contributed by atoms with E-state index in [0.717, 1.165) is 19.3 Å². The second kappa shape index (κ2) is 5.60. The van der Waals surface area contributed by atoms with Crippen molar-refractivity contribution in [3.8, 4) is 0 Å². The van der Waals surface area contributed by atoms with E-state index in [4.69, 9.17) is 4.74 Å². The third-order valence-electron chi connectivity index (χ3n) is 5.60. The first kappa shape index (κ1) is 14.6. The smallest absolute Gasteiger partial charge is 0.238 e. The normalized spacial score (nSPS) is 33.3. The van der Waals surface area contributed by atoms with Crippen LogP contribution in [0.3, 0.4) is 0 Å². The average molecular weight is 311 g/mol. The number of hydrogen-bond donors (Lipinski definition) is 0. The minimum atomic E-state index is -0.208. The lowest BCUT2D eigenvalue weighted by molar-refractivity contribution is -0.123. The highest BCUT2D eigenvalue weighted by Crippen LogP contribution is 2.48. The number of ether oxygens (including phenoxy) is 1. The summed E-state index contributed by atoms with van der Waals surface area (Å²) in [6, 6.07) is 9.29. The van der Waals surface area contributed by atoms with Gasteiger partial charge < -0.3 is 4.74 Å². The summed E-state index contributed by atoms with van der Waals surface area (Å²) in [5, 5.41) is 0. The van der Waals surface area contributed by atoms with Crippen LogP contribution in [0.1, 0.15) is 25.7 Å². The monoisotopic (exact) mass is 311 g/mol. The van der Waals surface area contributed by atoms with Crippen molar-refractivity contribution < 1.29 is 14.3 Å². The van der Waals surface area contributed by atoms with Crippen LogP contribution in [0.5, 0.6) is 0 Å². The van der Waals surface area contributed by atoms with Gasteiger partial charge in [-0.25, -0.2) is 0 Å². The number of para-hydroxylation sites is 1. The maximum Gasteiger partial charge on any atom is 0.238 e. The van der Waals surface area contributed by atoms with Crippen molar-refractivity contribution >= 4 is 17.5 Å². The van der Waals surface area contributed by atoms with Gasteiger partial charge in [0, 0.05) is 7.11 Å². The van der Waals surface area contributed by atoms with Gasteiger partial charge in [-0.05, 0) is 49.3 Å². The van der Waals surface area contributed by atoms with Gasteiger partial charge in [0.2, 0.25) is 11.8 Å². The molecule has 1 aromatic rings. The summed E-state index contributed by atoms with van der Waals surface area (Å²) in [5.74, 6) is -0.315. The number of benzene rings is 1. The van der Waals surface area contributed by atoms with E-state index >= 15 is 0 Å². The predicted molar refractivity (Wildman–Crippen MR) is 86.8 cm³/mol. The highest BCUT2D eigenvalue weighted by molar-refractivity contribution is 6.22. The fraction of sp³-hybridized carbons (Fsp3) is 0.474. The lowest BCUT2D eigenvalue weighted by Crippen LogP contribution is -2.38. The van der Waals surface area contributed by atoms with Gasteiger partial charge in [0.25, 0.3) is 0 Å². The van der Waals surface area contributed by atoms with Gasteiger partial charge in [-0.15, -0.1) is 0 Å². The second-order valence-electron chi connectivity index (χ2n) is 6.68. The quantitative estimate of drug-likeness (QED) is 0.623. The minimum absolute atomic E-state index is 0.0291. The zero-order chi connectivity index (χ0) is 16.0. The summed E-state index contributed by atoms with van der Waals surface area (Å²) in [7, 11) is 1.73. The lowest BCUT2D eigenvalue weighted by Gasteiger charge is -2.38. The Morgan fingerprint density at radius 3 is 2.57 bits per heavy atom. The van der Waals surface area contributed by atoms with Gasteiger partial charge in [-0.3, -0.25) is 14.5 Å². The van der Waals surface area contributed by atoms with Crippen LogP contribution in [0.2, 0.25) is 0 Å². The van der Waals surface area contributed by atoms with Gasteiger partial charge in [-0.2, -0.15) is 0 Å². The number of rotatable bonds is 2. The molecule has 0 radical (unpaired) electrons. The van der Waals surface area contributed by atoms with Crippen molar-refractivity contribution in [3.63, 3.8) is 0 Å². The standard InChI is InChI=1S/C19H21NO3/c1-23-16-9-5-8-14-13(16)10-11-15-17(14)19(22)20(18(15)21)12-6-3-2-4-7-12/h2-4,6-7,10,14-17H,5,8-9,11H2,1H3/t14?,15-,16?,17+/m0/s1. The summed E-state index contributed by atoms with van der Waals surface area (Å²) in [6.45, 7) is 0. The summed E-state index contributed by atoms with van der Waals surface area (Å²) in [4.78, 5) is 27.3. The Hall–Kier alpha value is -1.94. The van der Waals surface area contributed by atoms with E-state index in [9.17, 15) is 9.59 Å². The molecule has 4 atom stereocenters. The Morgan fingerprint density at radius 2 is 1.83 bits per heavy atom. The molecule has 1 saturated heterocycles. The number of anilines is 1. The maximum atomic E-state index is 13.0. The number of imide groups is 1. The SMILES string of the molecule is COC1CCCC2C1=CC[C@@H]1C(=O)N(c3ccccc3)C(=O)[C@H]21. The molecule has 3 aliphatic rings. The van der Waals surface area contributed by atoms with Gasteiger partial charge in [0.15, 0.2) is 0 Å². The molecule has 2 unspecified atom stereocenters. The first-order valence-electron chi connectivity index (χ1n) is 8.38. The highest BCUT2D eigenvalue weighted by Gasteiger charge is 2.54. The molecule has 0 N–H and O–H groups in total. The lowest BCUT2D eigenvalue weighted by atomic mass is 9.66. The number of carbonyl (C=O) groups excluding carboxylic acids is 2. The van der Waals surface area contributed by atoms with Crippen LogP contribution in [0.4, 0.5) is 5.69 Å². The number of methoxy groups -OCH3 is 1. The van der Waals surface area contributed by atoms with E-state index in [0.29, 0.717) is 12.1 Å². The molecule has 0 spiro atoms. The zero-order valence-corrected chi connectivity index (χ0v) is 13.3. The van der Waals surface area contributed by atoms with Crippen molar-refractivity contribution in [3.05, 3.63) is 42.0 Å². The van der Waals surface area contributed by atoms with Crippen molar-refractivity contribution in [2.75, 3.05) is 12.0 Å². The first-order chi connectivity index (χ1) is 11.2. The Morgan fingerprint density at radius 1 is 1.04 bits per heavy atom. The van der Waals surface area contributed by atoms with Crippen LogP contribution < -0.4 is 4.90 Å². The molecule has 0 bridgehead atoms. The maximum absolute atomic E-state index is 13.0. The largest absolute Gasteiger partial charge is 0.377 e. The molecule has 4 nitrogen and oxygen atoms in total. The fourth-order valence-corrected chi connectivity index (χ4v) is 4.56. The number of hydrogen-bond acceptors (Lipinski definition) is 3. The number of amides is 2. The van der Waals surface area contributed by atoms with Crippen molar-refractivity contribution in [2.45, 2.75) is 31.8 Å². The van der Waals surface area contributed by atoms with Gasteiger partial charge >= 0.3 is 0 Å². The molecule has 2 aliphatic carbocycles. The number of fused-ring (bicyclic) bond motifs is 3. The zero-order valence-electron chi connectivity index (χ0n) is 13.3. The summed E-state index contributed by atoms with van der Waals surface area (Å²) < 4.78 is 5.60. The molecule has 4 heteroatoms. The molecule has 120 valence electrons. The molecular weight excluding hydrogens is 290 g/mol. The first-order valence-corrected chi connectivity index (χ1v) is 8.38. The highest BCUT2D eigenvalue weighted by atomic mass is 16.5. The minimum Gasteiger partial charge on any atom is -0.377 e. The van der Waals surface area contributed by atoms with E-state index in [1.54, 1.807) is 7.11 Å². The number of carbonyl (C=O) groups is 2. The van der Waals surface area contributed by atoms with Crippen molar-refractivity contribution in [1.29, 1.82) is 0 Å². The van der Waals surface area contributed by atoms with Crippen LogP contribution in [0.15, 0.2) is 42.0 Å². The van der Waals surface area contributed by atoms with Gasteiger partial charge in [0.05, 0.1) is 23.6 Å². The second-order valence-corrected chi connectivity index (χ2v) is 6.68. The number of nitrogens with zero attached hydrogens (tertiary/aromatic N) is 1. The molecule has 4 rings (SSSR count). The van der Waals surface area contributed by atoms with Crippen LogP contribution in [0.25, 0.3) is 0 Å². The van der Waals surface area contributed by atoms with E-state index in [1.165, 1.54) is 10.5 Å². The number of allylic oxidation sites excluding steroid dienone is 1. The van der Waals surface area contributed by atoms with Crippen molar-refractivity contribution in [1.82, 2.24) is 0 Å². The molecule has 1 saturated carbocycles. The van der Waals surface area contributed by atoms with Gasteiger partial charge in [0.1, 0.15) is 0 Å². The van der Waals surface area contributed by atoms with Gasteiger partial charge in [-0.1, -0.05) is 24.3 Å².